The van der Waals surface area contributed by atoms with Gasteiger partial charge < -0.3 is 4.74 Å². The number of sulfonamides is 1. The molecule has 2 rings (SSSR count). The van der Waals surface area contributed by atoms with Gasteiger partial charge in [-0.3, -0.25) is 4.72 Å². The summed E-state index contributed by atoms with van der Waals surface area (Å²) >= 11 is 0. The van der Waals surface area contributed by atoms with Crippen LogP contribution in [0.3, 0.4) is 0 Å². The molecule has 0 aliphatic heterocycles. The van der Waals surface area contributed by atoms with Gasteiger partial charge in [-0.25, -0.2) is 8.42 Å². The van der Waals surface area contributed by atoms with E-state index >= 15 is 0 Å². The molecule has 0 saturated heterocycles. The van der Waals surface area contributed by atoms with Gasteiger partial charge in [0.05, 0.1) is 11.5 Å². The van der Waals surface area contributed by atoms with Crippen molar-refractivity contribution in [3.63, 3.8) is 0 Å². The standard InChI is InChI=1S/C17H21NO3S/c1-5-21-17-9-8-16(11-14(17)4)22(19,20)18-15-7-6-12(2)13(3)10-15/h6-11,18H,5H2,1-4H3. The minimum Gasteiger partial charge on any atom is -0.494 e. The molecule has 2 aromatic rings. The van der Waals surface area contributed by atoms with Gasteiger partial charge in [-0.15, -0.1) is 0 Å². The smallest absolute Gasteiger partial charge is 0.261 e. The van der Waals surface area contributed by atoms with Crippen LogP contribution in [0.4, 0.5) is 5.69 Å². The van der Waals surface area contributed by atoms with Crippen LogP contribution in [0.5, 0.6) is 5.75 Å². The molecule has 1 N–H and O–H groups in total. The zero-order valence-corrected chi connectivity index (χ0v) is 14.1. The molecule has 0 unspecified atom stereocenters. The molecule has 0 saturated carbocycles. The van der Waals surface area contributed by atoms with Crippen molar-refractivity contribution in [3.05, 3.63) is 53.1 Å². The van der Waals surface area contributed by atoms with Crippen LogP contribution in [0.15, 0.2) is 41.3 Å². The fraction of sp³-hybridized carbons (Fsp3) is 0.294. The van der Waals surface area contributed by atoms with E-state index in [9.17, 15) is 8.42 Å². The quantitative estimate of drug-likeness (QED) is 0.911. The third-order valence-electron chi connectivity index (χ3n) is 3.52. The Hall–Kier alpha value is -2.01. The van der Waals surface area contributed by atoms with Gasteiger partial charge in [0.1, 0.15) is 5.75 Å². The van der Waals surface area contributed by atoms with Gasteiger partial charge in [-0.2, -0.15) is 0 Å². The van der Waals surface area contributed by atoms with E-state index < -0.39 is 10.0 Å². The summed E-state index contributed by atoms with van der Waals surface area (Å²) in [6.45, 7) is 8.22. The summed E-state index contributed by atoms with van der Waals surface area (Å²) in [5.41, 5.74) is 3.53. The molecule has 0 atom stereocenters. The Morgan fingerprint density at radius 3 is 2.27 bits per heavy atom. The van der Waals surface area contributed by atoms with E-state index in [1.54, 1.807) is 24.3 Å². The van der Waals surface area contributed by atoms with Crippen molar-refractivity contribution >= 4 is 15.7 Å². The van der Waals surface area contributed by atoms with Crippen LogP contribution in [-0.2, 0) is 10.0 Å². The fourth-order valence-corrected chi connectivity index (χ4v) is 3.26. The summed E-state index contributed by atoms with van der Waals surface area (Å²) in [5, 5.41) is 0. The molecule has 0 amide bonds. The van der Waals surface area contributed by atoms with Crippen molar-refractivity contribution in [3.8, 4) is 5.75 Å². The Bertz CT molecular complexity index is 782. The van der Waals surface area contributed by atoms with Crippen LogP contribution >= 0.6 is 0 Å². The molecule has 0 radical (unpaired) electrons. The predicted octanol–water partition coefficient (Wildman–Crippen LogP) is 3.81. The Labute approximate surface area is 132 Å². The number of anilines is 1. The predicted molar refractivity (Wildman–Crippen MR) is 89.1 cm³/mol. The van der Waals surface area contributed by atoms with Gasteiger partial charge in [0.2, 0.25) is 0 Å². The topological polar surface area (TPSA) is 55.4 Å². The van der Waals surface area contributed by atoms with Crippen LogP contribution in [0, 0.1) is 20.8 Å². The molecular formula is C17H21NO3S. The van der Waals surface area contributed by atoms with Gasteiger partial charge in [-0.1, -0.05) is 6.07 Å². The van der Waals surface area contributed by atoms with Crippen LogP contribution < -0.4 is 9.46 Å². The Morgan fingerprint density at radius 1 is 0.955 bits per heavy atom. The molecule has 0 bridgehead atoms. The molecule has 0 heterocycles. The first-order chi connectivity index (χ1) is 10.3. The van der Waals surface area contributed by atoms with Gasteiger partial charge in [-0.05, 0) is 74.7 Å². The van der Waals surface area contributed by atoms with Gasteiger partial charge >= 0.3 is 0 Å². The lowest BCUT2D eigenvalue weighted by atomic mass is 10.1. The number of hydrogen-bond acceptors (Lipinski definition) is 3. The maximum absolute atomic E-state index is 12.5. The Kier molecular flexibility index (Phi) is 4.76. The number of ether oxygens (including phenoxy) is 1. The van der Waals surface area contributed by atoms with Crippen molar-refractivity contribution in [2.75, 3.05) is 11.3 Å². The first kappa shape index (κ1) is 16.4. The van der Waals surface area contributed by atoms with E-state index in [1.807, 2.05) is 39.8 Å². The van der Waals surface area contributed by atoms with E-state index in [-0.39, 0.29) is 4.90 Å². The first-order valence-corrected chi connectivity index (χ1v) is 8.65. The summed E-state index contributed by atoms with van der Waals surface area (Å²) in [4.78, 5) is 0.228. The van der Waals surface area contributed by atoms with Crippen LogP contribution in [0.1, 0.15) is 23.6 Å². The van der Waals surface area contributed by atoms with Gasteiger partial charge in [0, 0.05) is 5.69 Å². The lowest BCUT2D eigenvalue weighted by Crippen LogP contribution is -2.13. The number of aryl methyl sites for hydroxylation is 3. The average Bonchev–Trinajstić information content (AvgIpc) is 2.45. The van der Waals surface area contributed by atoms with Crippen LogP contribution in [0.2, 0.25) is 0 Å². The lowest BCUT2D eigenvalue weighted by molar-refractivity contribution is 0.337. The highest BCUT2D eigenvalue weighted by molar-refractivity contribution is 7.92. The number of nitrogens with one attached hydrogen (secondary N) is 1. The van der Waals surface area contributed by atoms with Crippen molar-refractivity contribution in [1.29, 1.82) is 0 Å². The third-order valence-corrected chi connectivity index (χ3v) is 4.89. The van der Waals surface area contributed by atoms with E-state index in [4.69, 9.17) is 4.74 Å². The molecule has 5 heteroatoms. The highest BCUT2D eigenvalue weighted by Gasteiger charge is 2.16. The fourth-order valence-electron chi connectivity index (χ4n) is 2.13. The van der Waals surface area contributed by atoms with Crippen molar-refractivity contribution in [2.24, 2.45) is 0 Å². The van der Waals surface area contributed by atoms with E-state index in [2.05, 4.69) is 4.72 Å². The number of benzene rings is 2. The molecule has 4 nitrogen and oxygen atoms in total. The van der Waals surface area contributed by atoms with E-state index in [0.717, 1.165) is 16.7 Å². The van der Waals surface area contributed by atoms with Gasteiger partial charge in [0.25, 0.3) is 10.0 Å². The number of rotatable bonds is 5. The van der Waals surface area contributed by atoms with Crippen LogP contribution in [-0.4, -0.2) is 15.0 Å². The summed E-state index contributed by atoms with van der Waals surface area (Å²) < 4.78 is 33.0. The third kappa shape index (κ3) is 3.60. The second-order valence-electron chi connectivity index (χ2n) is 5.26. The SMILES string of the molecule is CCOc1ccc(S(=O)(=O)Nc2ccc(C)c(C)c2)cc1C. The van der Waals surface area contributed by atoms with Crippen molar-refractivity contribution in [1.82, 2.24) is 0 Å². The highest BCUT2D eigenvalue weighted by Crippen LogP contribution is 2.24. The second kappa shape index (κ2) is 6.40. The Morgan fingerprint density at radius 2 is 1.68 bits per heavy atom. The van der Waals surface area contributed by atoms with Gasteiger partial charge in [0.15, 0.2) is 0 Å². The zero-order chi connectivity index (χ0) is 16.3. The lowest BCUT2D eigenvalue weighted by Gasteiger charge is -2.12. The average molecular weight is 319 g/mol. The molecule has 0 fully saturated rings. The molecule has 0 aromatic heterocycles. The zero-order valence-electron chi connectivity index (χ0n) is 13.3. The minimum atomic E-state index is -3.60. The van der Waals surface area contributed by atoms with E-state index in [1.165, 1.54) is 0 Å². The minimum absolute atomic E-state index is 0.228. The molecule has 0 spiro atoms. The second-order valence-corrected chi connectivity index (χ2v) is 6.95. The van der Waals surface area contributed by atoms with Crippen LogP contribution in [0.25, 0.3) is 0 Å². The normalized spacial score (nSPS) is 11.3. The first-order valence-electron chi connectivity index (χ1n) is 7.17. The molecule has 0 aliphatic carbocycles. The maximum Gasteiger partial charge on any atom is 0.261 e. The molecule has 2 aromatic carbocycles. The van der Waals surface area contributed by atoms with E-state index in [0.29, 0.717) is 18.0 Å². The molecular weight excluding hydrogens is 298 g/mol. The molecule has 22 heavy (non-hydrogen) atoms. The number of hydrogen-bond donors (Lipinski definition) is 1. The summed E-state index contributed by atoms with van der Waals surface area (Å²) in [5.74, 6) is 0.702. The van der Waals surface area contributed by atoms with Crippen molar-refractivity contribution in [2.45, 2.75) is 32.6 Å². The molecule has 0 aliphatic rings. The Balaban J connectivity index is 2.30. The monoisotopic (exact) mass is 319 g/mol. The summed E-state index contributed by atoms with van der Waals surface area (Å²) in [6, 6.07) is 10.4. The molecule has 118 valence electrons. The maximum atomic E-state index is 12.5. The summed E-state index contributed by atoms with van der Waals surface area (Å²) in [6.07, 6.45) is 0. The largest absolute Gasteiger partial charge is 0.494 e. The highest BCUT2D eigenvalue weighted by atomic mass is 32.2. The van der Waals surface area contributed by atoms with Crippen molar-refractivity contribution < 1.29 is 13.2 Å². The summed E-state index contributed by atoms with van der Waals surface area (Å²) in [7, 11) is -3.60.